The van der Waals surface area contributed by atoms with Crippen molar-refractivity contribution in [1.82, 2.24) is 5.32 Å². The highest BCUT2D eigenvalue weighted by Gasteiger charge is 2.13. The number of hydrogen-bond donors (Lipinski definition) is 2. The molecule has 3 aromatic carbocycles. The van der Waals surface area contributed by atoms with Gasteiger partial charge in [0, 0.05) is 12.2 Å². The number of carbonyl (C=O) groups excluding carboxylic acids is 1. The van der Waals surface area contributed by atoms with Crippen LogP contribution in [0.15, 0.2) is 60.7 Å². The van der Waals surface area contributed by atoms with Crippen LogP contribution < -0.4 is 10.0 Å². The maximum Gasteiger partial charge on any atom is 0.253 e. The average Bonchev–Trinajstić information content (AvgIpc) is 2.60. The maximum atomic E-state index is 12.5. The highest BCUT2D eigenvalue weighted by atomic mass is 35.5. The van der Waals surface area contributed by atoms with E-state index in [0.29, 0.717) is 6.54 Å². The topological polar surface area (TPSA) is 75.3 Å². The smallest absolute Gasteiger partial charge is 0.253 e. The Morgan fingerprint density at radius 1 is 1.04 bits per heavy atom. The van der Waals surface area contributed by atoms with Crippen molar-refractivity contribution in [2.45, 2.75) is 6.54 Å². The summed E-state index contributed by atoms with van der Waals surface area (Å²) in [5.74, 6) is -0.375. The summed E-state index contributed by atoms with van der Waals surface area (Å²) in [6, 6.07) is 18.2. The first-order valence-corrected chi connectivity index (χ1v) is 10.1. The van der Waals surface area contributed by atoms with Crippen LogP contribution in [-0.4, -0.2) is 20.6 Å². The number of halogens is 1. The summed E-state index contributed by atoms with van der Waals surface area (Å²) in [6.45, 7) is 0.334. The molecule has 26 heavy (non-hydrogen) atoms. The van der Waals surface area contributed by atoms with Crippen molar-refractivity contribution in [3.8, 4) is 0 Å². The fourth-order valence-corrected chi connectivity index (χ4v) is 3.45. The summed E-state index contributed by atoms with van der Waals surface area (Å²) in [5, 5.41) is 5.25. The zero-order chi connectivity index (χ0) is 18.7. The Bertz CT molecular complexity index is 1080. The van der Waals surface area contributed by atoms with Gasteiger partial charge in [0.15, 0.2) is 0 Å². The lowest BCUT2D eigenvalue weighted by molar-refractivity contribution is 0.0951. The van der Waals surface area contributed by atoms with Crippen LogP contribution in [0.3, 0.4) is 0 Å². The van der Waals surface area contributed by atoms with Crippen molar-refractivity contribution < 1.29 is 13.2 Å². The quantitative estimate of drug-likeness (QED) is 0.698. The third kappa shape index (κ3) is 4.33. The van der Waals surface area contributed by atoms with E-state index >= 15 is 0 Å². The Morgan fingerprint density at radius 3 is 2.54 bits per heavy atom. The molecule has 0 bridgehead atoms. The second-order valence-corrected chi connectivity index (χ2v) is 8.05. The lowest BCUT2D eigenvalue weighted by Crippen LogP contribution is -2.23. The van der Waals surface area contributed by atoms with Crippen molar-refractivity contribution in [1.29, 1.82) is 0 Å². The lowest BCUT2D eigenvalue weighted by atomic mass is 10.0. The molecule has 1 amide bonds. The molecule has 5 nitrogen and oxygen atoms in total. The van der Waals surface area contributed by atoms with Gasteiger partial charge in [0.2, 0.25) is 10.0 Å². The predicted octanol–water partition coefficient (Wildman–Crippen LogP) is 3.79. The number of anilines is 1. The molecule has 2 N–H and O–H groups in total. The fourth-order valence-electron chi connectivity index (χ4n) is 2.69. The minimum absolute atomic E-state index is 0.209. The minimum Gasteiger partial charge on any atom is -0.348 e. The first-order chi connectivity index (χ1) is 12.3. The van der Waals surface area contributed by atoms with Gasteiger partial charge < -0.3 is 5.32 Å². The highest BCUT2D eigenvalue weighted by Crippen LogP contribution is 2.22. The molecular formula is C19H17ClN2O3S. The van der Waals surface area contributed by atoms with Crippen LogP contribution in [-0.2, 0) is 16.6 Å². The molecule has 0 fully saturated rings. The summed E-state index contributed by atoms with van der Waals surface area (Å²) in [4.78, 5) is 12.5. The molecule has 0 radical (unpaired) electrons. The summed E-state index contributed by atoms with van der Waals surface area (Å²) in [5.41, 5.74) is 1.48. The van der Waals surface area contributed by atoms with Crippen LogP contribution in [0, 0.1) is 0 Å². The van der Waals surface area contributed by atoms with Crippen LogP contribution in [0.1, 0.15) is 15.9 Å². The molecule has 7 heteroatoms. The molecule has 3 aromatic rings. The highest BCUT2D eigenvalue weighted by molar-refractivity contribution is 7.92. The van der Waals surface area contributed by atoms with Gasteiger partial charge in [-0.3, -0.25) is 9.52 Å². The Hall–Kier alpha value is -2.57. The Balaban J connectivity index is 1.81. The summed E-state index contributed by atoms with van der Waals surface area (Å²) in [7, 11) is -3.44. The normalized spacial score (nSPS) is 11.3. The monoisotopic (exact) mass is 388 g/mol. The van der Waals surface area contributed by atoms with Gasteiger partial charge in [0.25, 0.3) is 5.91 Å². The van der Waals surface area contributed by atoms with Crippen LogP contribution in [0.4, 0.5) is 5.69 Å². The predicted molar refractivity (Wildman–Crippen MR) is 105 cm³/mol. The summed E-state index contributed by atoms with van der Waals surface area (Å²) >= 11 is 6.10. The molecule has 0 aliphatic rings. The molecule has 0 aliphatic carbocycles. The molecular weight excluding hydrogens is 372 g/mol. The second kappa shape index (κ2) is 7.35. The maximum absolute atomic E-state index is 12.5. The molecule has 134 valence electrons. The number of benzene rings is 3. The molecule has 0 atom stereocenters. The summed E-state index contributed by atoms with van der Waals surface area (Å²) in [6.07, 6.45) is 1.04. The van der Waals surface area contributed by atoms with E-state index in [4.69, 9.17) is 11.6 Å². The van der Waals surface area contributed by atoms with Gasteiger partial charge in [0.1, 0.15) is 0 Å². The Morgan fingerprint density at radius 2 is 1.77 bits per heavy atom. The van der Waals surface area contributed by atoms with Crippen molar-refractivity contribution in [2.75, 3.05) is 11.0 Å². The largest absolute Gasteiger partial charge is 0.348 e. The second-order valence-electron chi connectivity index (χ2n) is 5.89. The van der Waals surface area contributed by atoms with Gasteiger partial charge in [-0.25, -0.2) is 8.42 Å². The third-order valence-corrected chi connectivity index (χ3v) is 4.77. The number of rotatable bonds is 5. The number of sulfonamides is 1. The van der Waals surface area contributed by atoms with E-state index in [2.05, 4.69) is 10.0 Å². The zero-order valence-electron chi connectivity index (χ0n) is 14.0. The van der Waals surface area contributed by atoms with Crippen LogP contribution in [0.25, 0.3) is 10.8 Å². The van der Waals surface area contributed by atoms with Crippen LogP contribution in [0.5, 0.6) is 0 Å². The molecule has 0 saturated heterocycles. The number of fused-ring (bicyclic) bond motifs is 1. The molecule has 3 rings (SSSR count). The van der Waals surface area contributed by atoms with Crippen LogP contribution >= 0.6 is 11.6 Å². The van der Waals surface area contributed by atoms with Crippen molar-refractivity contribution in [3.63, 3.8) is 0 Å². The molecule has 0 saturated carbocycles. The van der Waals surface area contributed by atoms with Gasteiger partial charge in [-0.1, -0.05) is 54.1 Å². The summed E-state index contributed by atoms with van der Waals surface area (Å²) < 4.78 is 25.0. The SMILES string of the molecule is CS(=O)(=O)Nc1ccc(Cl)c(C(=O)NCc2cccc3ccccc23)c1. The number of nitrogens with one attached hydrogen (secondary N) is 2. The van der Waals surface area contributed by atoms with E-state index in [1.807, 2.05) is 42.5 Å². The number of carbonyl (C=O) groups is 1. The first-order valence-electron chi connectivity index (χ1n) is 7.86. The van der Waals surface area contributed by atoms with Gasteiger partial charge >= 0.3 is 0 Å². The van der Waals surface area contributed by atoms with E-state index in [1.54, 1.807) is 0 Å². The van der Waals surface area contributed by atoms with Crippen molar-refractivity contribution >= 4 is 44.0 Å². The van der Waals surface area contributed by atoms with Crippen LogP contribution in [0.2, 0.25) is 5.02 Å². The molecule has 0 aliphatic heterocycles. The van der Waals surface area contributed by atoms with Gasteiger partial charge in [0.05, 0.1) is 16.8 Å². The average molecular weight is 389 g/mol. The fraction of sp³-hybridized carbons (Fsp3) is 0.105. The third-order valence-electron chi connectivity index (χ3n) is 3.83. The van der Waals surface area contributed by atoms with E-state index in [1.165, 1.54) is 18.2 Å². The zero-order valence-corrected chi connectivity index (χ0v) is 15.6. The number of hydrogen-bond acceptors (Lipinski definition) is 3. The minimum atomic E-state index is -3.44. The van der Waals surface area contributed by atoms with Crippen molar-refractivity contribution in [2.24, 2.45) is 0 Å². The molecule has 0 aromatic heterocycles. The molecule has 0 unspecified atom stereocenters. The standard InChI is InChI=1S/C19H17ClN2O3S/c1-26(24,25)22-15-9-10-18(20)17(11-15)19(23)21-12-14-7-4-6-13-5-2-3-8-16(13)14/h2-11,22H,12H2,1H3,(H,21,23). The molecule has 0 heterocycles. The van der Waals surface area contributed by atoms with E-state index in [0.717, 1.165) is 22.6 Å². The van der Waals surface area contributed by atoms with Gasteiger partial charge in [-0.2, -0.15) is 0 Å². The first kappa shape index (κ1) is 18.2. The molecule has 0 spiro atoms. The lowest BCUT2D eigenvalue weighted by Gasteiger charge is -2.11. The van der Waals surface area contributed by atoms with Gasteiger partial charge in [-0.05, 0) is 34.5 Å². The van der Waals surface area contributed by atoms with E-state index < -0.39 is 10.0 Å². The van der Waals surface area contributed by atoms with Gasteiger partial charge in [-0.15, -0.1) is 0 Å². The van der Waals surface area contributed by atoms with Crippen molar-refractivity contribution in [3.05, 3.63) is 76.8 Å². The number of amides is 1. The van der Waals surface area contributed by atoms with E-state index in [-0.39, 0.29) is 22.2 Å². The van der Waals surface area contributed by atoms with E-state index in [9.17, 15) is 13.2 Å². The Kier molecular flexibility index (Phi) is 5.15. The Labute approximate surface area is 157 Å².